The van der Waals surface area contributed by atoms with Gasteiger partial charge in [0.25, 0.3) is 11.6 Å². The maximum absolute atomic E-state index is 13.8. The minimum Gasteiger partial charge on any atom is -0.497 e. The predicted octanol–water partition coefficient (Wildman–Crippen LogP) is 3.52. The van der Waals surface area contributed by atoms with Crippen molar-refractivity contribution in [2.45, 2.75) is 36.9 Å². The lowest BCUT2D eigenvalue weighted by Crippen LogP contribution is -2.51. The molecule has 10 nitrogen and oxygen atoms in total. The number of non-ortho nitro benzene ring substituents is 1. The SMILES string of the molecule is COc1ccc(N2C(=O)[C@@H]3[C@@H](c4ccc([N+](=O)[O-])cc4)N([C@H]4SC(=S)N(C)C4(C)C)O[C@H]3C2=O)cc1. The van der Waals surface area contributed by atoms with Crippen LogP contribution in [0.15, 0.2) is 48.5 Å². The number of anilines is 1. The summed E-state index contributed by atoms with van der Waals surface area (Å²) in [4.78, 5) is 47.4. The van der Waals surface area contributed by atoms with Gasteiger partial charge in [-0.15, -0.1) is 0 Å². The summed E-state index contributed by atoms with van der Waals surface area (Å²) in [6.07, 6.45) is -1.03. The largest absolute Gasteiger partial charge is 0.497 e. The number of carbonyl (C=O) groups excluding carboxylic acids is 2. The summed E-state index contributed by atoms with van der Waals surface area (Å²) in [7, 11) is 3.43. The van der Waals surface area contributed by atoms with Crippen LogP contribution in [0, 0.1) is 16.0 Å². The molecule has 3 fully saturated rings. The van der Waals surface area contributed by atoms with Crippen molar-refractivity contribution in [1.82, 2.24) is 9.96 Å². The van der Waals surface area contributed by atoms with Crippen LogP contribution >= 0.6 is 24.0 Å². The fourth-order valence-corrected chi connectivity index (χ4v) is 6.68. The molecular formula is C24H24N4O6S2. The fourth-order valence-electron chi connectivity index (χ4n) is 4.85. The van der Waals surface area contributed by atoms with Gasteiger partial charge in [0.15, 0.2) is 6.10 Å². The van der Waals surface area contributed by atoms with Crippen molar-refractivity contribution in [1.29, 1.82) is 0 Å². The van der Waals surface area contributed by atoms with E-state index in [2.05, 4.69) is 0 Å². The third-order valence-electron chi connectivity index (χ3n) is 7.11. The molecule has 3 aliphatic rings. The zero-order valence-electron chi connectivity index (χ0n) is 20.0. The molecule has 4 atom stereocenters. The Morgan fingerprint density at radius 3 is 2.25 bits per heavy atom. The summed E-state index contributed by atoms with van der Waals surface area (Å²) < 4.78 is 5.86. The number of hydroxylamine groups is 2. The van der Waals surface area contributed by atoms with E-state index in [0.29, 0.717) is 21.3 Å². The number of rotatable bonds is 5. The minimum absolute atomic E-state index is 0.0640. The Morgan fingerprint density at radius 2 is 1.72 bits per heavy atom. The second kappa shape index (κ2) is 8.80. The van der Waals surface area contributed by atoms with Crippen LogP contribution in [0.2, 0.25) is 0 Å². The van der Waals surface area contributed by atoms with Crippen LogP contribution in [-0.4, -0.2) is 62.2 Å². The first-order valence-corrected chi connectivity index (χ1v) is 12.5. The van der Waals surface area contributed by atoms with Gasteiger partial charge < -0.3 is 9.64 Å². The third-order valence-corrected chi connectivity index (χ3v) is 9.15. The summed E-state index contributed by atoms with van der Waals surface area (Å²) >= 11 is 6.96. The van der Waals surface area contributed by atoms with Crippen molar-refractivity contribution in [3.63, 3.8) is 0 Å². The second-order valence-electron chi connectivity index (χ2n) is 9.36. The number of likely N-dealkylation sites (N-methyl/N-ethyl adjacent to an activating group) is 1. The van der Waals surface area contributed by atoms with Gasteiger partial charge in [-0.25, -0.2) is 4.90 Å². The summed E-state index contributed by atoms with van der Waals surface area (Å²) in [6.45, 7) is 4.03. The van der Waals surface area contributed by atoms with E-state index in [0.717, 1.165) is 4.90 Å². The molecule has 0 unspecified atom stereocenters. The Labute approximate surface area is 217 Å². The van der Waals surface area contributed by atoms with Crippen LogP contribution in [0.5, 0.6) is 5.75 Å². The number of nitro groups is 1. The average molecular weight is 529 g/mol. The summed E-state index contributed by atoms with van der Waals surface area (Å²) in [5.74, 6) is -1.08. The van der Waals surface area contributed by atoms with E-state index in [9.17, 15) is 19.7 Å². The van der Waals surface area contributed by atoms with Gasteiger partial charge in [0.1, 0.15) is 15.4 Å². The van der Waals surface area contributed by atoms with E-state index < -0.39 is 40.3 Å². The molecule has 5 rings (SSSR count). The monoisotopic (exact) mass is 528 g/mol. The summed E-state index contributed by atoms with van der Waals surface area (Å²) in [6, 6.07) is 12.0. The molecule has 3 heterocycles. The van der Waals surface area contributed by atoms with Crippen molar-refractivity contribution in [2.75, 3.05) is 19.1 Å². The predicted molar refractivity (Wildman–Crippen MR) is 137 cm³/mol. The van der Waals surface area contributed by atoms with Gasteiger partial charge in [-0.1, -0.05) is 36.1 Å². The highest BCUT2D eigenvalue weighted by atomic mass is 32.2. The van der Waals surface area contributed by atoms with E-state index in [1.54, 1.807) is 41.5 Å². The molecule has 0 radical (unpaired) electrons. The van der Waals surface area contributed by atoms with Crippen LogP contribution in [0.4, 0.5) is 11.4 Å². The molecule has 2 aromatic rings. The first kappa shape index (κ1) is 24.6. The van der Waals surface area contributed by atoms with E-state index >= 15 is 0 Å². The first-order chi connectivity index (χ1) is 17.1. The minimum atomic E-state index is -1.03. The zero-order chi connectivity index (χ0) is 25.9. The molecule has 0 aromatic heterocycles. The summed E-state index contributed by atoms with van der Waals surface area (Å²) in [5, 5.41) is 12.6. The average Bonchev–Trinajstić information content (AvgIpc) is 3.43. The van der Waals surface area contributed by atoms with Gasteiger partial charge in [-0.2, -0.15) is 5.06 Å². The Balaban J connectivity index is 1.56. The van der Waals surface area contributed by atoms with Crippen LogP contribution in [-0.2, 0) is 14.4 Å². The Kier molecular flexibility index (Phi) is 6.02. The van der Waals surface area contributed by atoms with Gasteiger partial charge in [0.2, 0.25) is 5.91 Å². The number of benzene rings is 2. The lowest BCUT2D eigenvalue weighted by atomic mass is 9.90. The Morgan fingerprint density at radius 1 is 1.08 bits per heavy atom. The van der Waals surface area contributed by atoms with Gasteiger partial charge in [-0.3, -0.25) is 24.5 Å². The van der Waals surface area contributed by atoms with Gasteiger partial charge in [0.05, 0.1) is 35.2 Å². The number of ether oxygens (including phenoxy) is 1. The molecule has 2 aromatic carbocycles. The maximum atomic E-state index is 13.8. The standard InChI is InChI=1S/C24H24N4O6S2/c1-24(2)22(36-23(35)25(24)3)27-18(13-5-7-15(8-6-13)28(31)32)17-19(34-27)21(30)26(20(17)29)14-9-11-16(33-4)12-10-14/h5-12,17-19,22H,1-4H3/t17-,18-,19-,22+/m1/s1. The first-order valence-electron chi connectivity index (χ1n) is 11.2. The number of thiocarbonyl (C=S) groups is 1. The van der Waals surface area contributed by atoms with Crippen LogP contribution in [0.25, 0.3) is 0 Å². The highest BCUT2D eigenvalue weighted by molar-refractivity contribution is 8.23. The highest BCUT2D eigenvalue weighted by Gasteiger charge is 2.63. The normalized spacial score (nSPS) is 27.6. The van der Waals surface area contributed by atoms with Gasteiger partial charge in [0, 0.05) is 19.2 Å². The van der Waals surface area contributed by atoms with Crippen LogP contribution < -0.4 is 9.64 Å². The zero-order valence-corrected chi connectivity index (χ0v) is 21.6. The molecule has 188 valence electrons. The number of nitro benzene ring substituents is 1. The molecular weight excluding hydrogens is 504 g/mol. The molecule has 3 saturated heterocycles. The van der Waals surface area contributed by atoms with Gasteiger partial charge in [-0.05, 0) is 43.7 Å². The van der Waals surface area contributed by atoms with E-state index in [1.807, 2.05) is 25.8 Å². The second-order valence-corrected chi connectivity index (χ2v) is 11.1. The lowest BCUT2D eigenvalue weighted by molar-refractivity contribution is -0.384. The van der Waals surface area contributed by atoms with Crippen LogP contribution in [0.1, 0.15) is 25.5 Å². The third kappa shape index (κ3) is 3.67. The summed E-state index contributed by atoms with van der Waals surface area (Å²) in [5.41, 5.74) is 0.532. The molecule has 0 bridgehead atoms. The number of fused-ring (bicyclic) bond motifs is 1. The van der Waals surface area contributed by atoms with E-state index in [1.165, 1.54) is 31.0 Å². The molecule has 12 heteroatoms. The van der Waals surface area contributed by atoms with Crippen molar-refractivity contribution >= 4 is 51.5 Å². The Hall–Kier alpha value is -3.06. The smallest absolute Gasteiger partial charge is 0.269 e. The number of amides is 2. The van der Waals surface area contributed by atoms with E-state index in [-0.39, 0.29) is 11.1 Å². The topological polar surface area (TPSA) is 105 Å². The maximum Gasteiger partial charge on any atom is 0.269 e. The van der Waals surface area contributed by atoms with E-state index in [4.69, 9.17) is 21.8 Å². The quantitative estimate of drug-likeness (QED) is 0.248. The number of thioether (sulfide) groups is 1. The molecule has 0 aliphatic carbocycles. The number of hydrogen-bond donors (Lipinski definition) is 0. The number of imide groups is 1. The van der Waals surface area contributed by atoms with Gasteiger partial charge >= 0.3 is 0 Å². The molecule has 0 saturated carbocycles. The van der Waals surface area contributed by atoms with Crippen molar-refractivity contribution in [2.24, 2.45) is 5.92 Å². The molecule has 36 heavy (non-hydrogen) atoms. The number of nitrogens with zero attached hydrogens (tertiary/aromatic N) is 4. The molecule has 0 N–H and O–H groups in total. The Bertz CT molecular complexity index is 1250. The molecule has 2 amide bonds. The van der Waals surface area contributed by atoms with Crippen molar-refractivity contribution in [3.8, 4) is 5.75 Å². The number of hydrogen-bond acceptors (Lipinski definition) is 9. The van der Waals surface area contributed by atoms with Crippen LogP contribution in [0.3, 0.4) is 0 Å². The van der Waals surface area contributed by atoms with Crippen molar-refractivity contribution in [3.05, 3.63) is 64.2 Å². The lowest BCUT2D eigenvalue weighted by Gasteiger charge is -2.39. The number of methoxy groups -OCH3 is 1. The van der Waals surface area contributed by atoms with Crippen molar-refractivity contribution < 1.29 is 24.1 Å². The fraction of sp³-hybridized carbons (Fsp3) is 0.375. The molecule has 0 spiro atoms. The highest BCUT2D eigenvalue weighted by Crippen LogP contribution is 2.52. The number of carbonyl (C=O) groups is 2. The molecule has 3 aliphatic heterocycles.